The molecule has 2 amide bonds. The Bertz CT molecular complexity index is 842. The summed E-state index contributed by atoms with van der Waals surface area (Å²) >= 11 is 5.99. The van der Waals surface area contributed by atoms with E-state index in [1.54, 1.807) is 0 Å². The number of carboxylic acids is 1. The Balaban J connectivity index is 1.80. The number of benzene rings is 2. The fraction of sp³-hybridized carbons (Fsp3) is 0.417. The summed E-state index contributed by atoms with van der Waals surface area (Å²) in [6, 6.07) is 15.6. The average Bonchev–Trinajstić information content (AvgIpc) is 2.74. The molecule has 0 bridgehead atoms. The number of aliphatic carboxylic acids is 1. The zero-order valence-electron chi connectivity index (χ0n) is 18.2. The maximum Gasteiger partial charge on any atom is 0.315 e. The number of hydrogen-bond acceptors (Lipinski definition) is 3. The number of carbonyl (C=O) groups excluding carboxylic acids is 1. The number of hydrogen-bond donors (Lipinski definition) is 3. The van der Waals surface area contributed by atoms with Crippen LogP contribution in [-0.4, -0.2) is 41.6 Å². The van der Waals surface area contributed by atoms with Crippen molar-refractivity contribution in [2.75, 3.05) is 19.6 Å². The van der Waals surface area contributed by atoms with Crippen molar-refractivity contribution in [3.8, 4) is 0 Å². The monoisotopic (exact) mass is 445 g/mol. The van der Waals surface area contributed by atoms with Crippen LogP contribution in [0.15, 0.2) is 48.5 Å². The number of nitrogens with one attached hydrogen (secondary N) is 2. The SMILES string of the molecule is Cc1ccccc1CNC(=O)NCCCN(CCCC(=O)O)C(C)c1ccc(Cl)cc1. The minimum absolute atomic E-state index is 0.126. The van der Waals surface area contributed by atoms with Crippen molar-refractivity contribution >= 4 is 23.6 Å². The molecule has 0 heterocycles. The van der Waals surface area contributed by atoms with E-state index in [0.29, 0.717) is 31.1 Å². The lowest BCUT2D eigenvalue weighted by atomic mass is 10.1. The average molecular weight is 446 g/mol. The summed E-state index contributed by atoms with van der Waals surface area (Å²) in [7, 11) is 0. The Hall–Kier alpha value is -2.57. The topological polar surface area (TPSA) is 81.7 Å². The van der Waals surface area contributed by atoms with Crippen LogP contribution in [0.1, 0.15) is 48.9 Å². The Morgan fingerprint density at radius 1 is 1.03 bits per heavy atom. The molecule has 0 spiro atoms. The molecule has 7 heteroatoms. The maximum absolute atomic E-state index is 12.1. The third kappa shape index (κ3) is 8.99. The van der Waals surface area contributed by atoms with Crippen molar-refractivity contribution < 1.29 is 14.7 Å². The third-order valence-electron chi connectivity index (χ3n) is 5.34. The van der Waals surface area contributed by atoms with E-state index in [1.807, 2.05) is 55.5 Å². The maximum atomic E-state index is 12.1. The smallest absolute Gasteiger partial charge is 0.315 e. The number of carboxylic acid groups (broad SMARTS) is 1. The van der Waals surface area contributed by atoms with Crippen molar-refractivity contribution in [1.29, 1.82) is 0 Å². The predicted octanol–water partition coefficient (Wildman–Crippen LogP) is 4.77. The van der Waals surface area contributed by atoms with Crippen molar-refractivity contribution in [2.24, 2.45) is 0 Å². The van der Waals surface area contributed by atoms with Crippen molar-refractivity contribution in [3.63, 3.8) is 0 Å². The highest BCUT2D eigenvalue weighted by Crippen LogP contribution is 2.22. The van der Waals surface area contributed by atoms with Gasteiger partial charge in [0, 0.05) is 37.1 Å². The highest BCUT2D eigenvalue weighted by Gasteiger charge is 2.16. The van der Waals surface area contributed by atoms with Gasteiger partial charge >= 0.3 is 12.0 Å². The van der Waals surface area contributed by atoms with Crippen LogP contribution in [0.3, 0.4) is 0 Å². The largest absolute Gasteiger partial charge is 0.481 e. The third-order valence-corrected chi connectivity index (χ3v) is 5.60. The van der Waals surface area contributed by atoms with Crippen LogP contribution in [0.25, 0.3) is 0 Å². The van der Waals surface area contributed by atoms with Crippen LogP contribution >= 0.6 is 11.6 Å². The van der Waals surface area contributed by atoms with Gasteiger partial charge in [-0.1, -0.05) is 48.0 Å². The molecule has 0 aliphatic rings. The normalized spacial score (nSPS) is 11.9. The fourth-order valence-electron chi connectivity index (χ4n) is 3.42. The summed E-state index contributed by atoms with van der Waals surface area (Å²) in [5.74, 6) is -0.786. The van der Waals surface area contributed by atoms with Gasteiger partial charge in [-0.15, -0.1) is 0 Å². The minimum atomic E-state index is -0.786. The molecular formula is C24H32ClN3O3. The van der Waals surface area contributed by atoms with E-state index in [-0.39, 0.29) is 18.5 Å². The summed E-state index contributed by atoms with van der Waals surface area (Å²) in [6.45, 7) is 6.59. The zero-order chi connectivity index (χ0) is 22.6. The van der Waals surface area contributed by atoms with Crippen LogP contribution < -0.4 is 10.6 Å². The molecule has 1 unspecified atom stereocenters. The molecule has 6 nitrogen and oxygen atoms in total. The molecule has 2 aromatic rings. The predicted molar refractivity (Wildman–Crippen MR) is 124 cm³/mol. The Morgan fingerprint density at radius 3 is 2.39 bits per heavy atom. The Labute approximate surface area is 189 Å². The molecule has 1 atom stereocenters. The number of halogens is 1. The quantitative estimate of drug-likeness (QED) is 0.411. The van der Waals surface area contributed by atoms with Crippen LogP contribution in [0.5, 0.6) is 0 Å². The molecule has 0 saturated heterocycles. The van der Waals surface area contributed by atoms with Crippen LogP contribution in [0.4, 0.5) is 4.79 Å². The lowest BCUT2D eigenvalue weighted by Gasteiger charge is -2.29. The molecule has 0 fully saturated rings. The lowest BCUT2D eigenvalue weighted by molar-refractivity contribution is -0.137. The van der Waals surface area contributed by atoms with Gasteiger partial charge in [-0.3, -0.25) is 9.69 Å². The molecule has 2 aromatic carbocycles. The minimum Gasteiger partial charge on any atom is -0.481 e. The summed E-state index contributed by atoms with van der Waals surface area (Å²) < 4.78 is 0. The first kappa shape index (κ1) is 24.7. The van der Waals surface area contributed by atoms with Gasteiger partial charge in [0.25, 0.3) is 0 Å². The summed E-state index contributed by atoms with van der Waals surface area (Å²) in [6.07, 6.45) is 1.49. The number of aryl methyl sites for hydroxylation is 1. The molecule has 0 aliphatic heterocycles. The fourth-order valence-corrected chi connectivity index (χ4v) is 3.54. The number of amides is 2. The summed E-state index contributed by atoms with van der Waals surface area (Å²) in [5.41, 5.74) is 3.37. The van der Waals surface area contributed by atoms with E-state index in [4.69, 9.17) is 16.7 Å². The number of nitrogens with zero attached hydrogens (tertiary/aromatic N) is 1. The zero-order valence-corrected chi connectivity index (χ0v) is 19.0. The van der Waals surface area contributed by atoms with E-state index in [2.05, 4.69) is 22.5 Å². The van der Waals surface area contributed by atoms with E-state index in [9.17, 15) is 9.59 Å². The first-order valence-corrected chi connectivity index (χ1v) is 11.0. The molecule has 3 N–H and O–H groups in total. The van der Waals surface area contributed by atoms with Gasteiger partial charge in [-0.25, -0.2) is 4.79 Å². The van der Waals surface area contributed by atoms with E-state index < -0.39 is 5.97 Å². The number of rotatable bonds is 12. The first-order chi connectivity index (χ1) is 14.9. The molecule has 168 valence electrons. The van der Waals surface area contributed by atoms with Gasteiger partial charge in [0.2, 0.25) is 0 Å². The van der Waals surface area contributed by atoms with Gasteiger partial charge in [-0.05, 0) is 62.1 Å². The van der Waals surface area contributed by atoms with Gasteiger partial charge < -0.3 is 15.7 Å². The molecule has 0 aliphatic carbocycles. The van der Waals surface area contributed by atoms with Crippen LogP contribution in [0.2, 0.25) is 5.02 Å². The highest BCUT2D eigenvalue weighted by molar-refractivity contribution is 6.30. The van der Waals surface area contributed by atoms with E-state index in [0.717, 1.165) is 29.7 Å². The lowest BCUT2D eigenvalue weighted by Crippen LogP contribution is -2.37. The van der Waals surface area contributed by atoms with Crippen molar-refractivity contribution in [2.45, 2.75) is 45.7 Å². The standard InChI is InChI=1S/C24H32ClN3O3/c1-18-7-3-4-8-21(18)17-27-24(31)26-14-6-16-28(15-5-9-23(29)30)19(2)20-10-12-22(25)13-11-20/h3-4,7-8,10-13,19H,5-6,9,14-17H2,1-2H3,(H,29,30)(H2,26,27,31). The van der Waals surface area contributed by atoms with Gasteiger partial charge in [0.05, 0.1) is 0 Å². The van der Waals surface area contributed by atoms with Crippen molar-refractivity contribution in [3.05, 3.63) is 70.2 Å². The number of carbonyl (C=O) groups is 2. The molecule has 2 rings (SSSR count). The second-order valence-corrected chi connectivity index (χ2v) is 8.09. The van der Waals surface area contributed by atoms with Crippen LogP contribution in [0, 0.1) is 6.92 Å². The summed E-state index contributed by atoms with van der Waals surface area (Å²) in [4.78, 5) is 25.2. The summed E-state index contributed by atoms with van der Waals surface area (Å²) in [5, 5.41) is 15.4. The number of urea groups is 1. The molecule has 0 saturated carbocycles. The Morgan fingerprint density at radius 2 is 1.71 bits per heavy atom. The van der Waals surface area contributed by atoms with Crippen molar-refractivity contribution in [1.82, 2.24) is 15.5 Å². The first-order valence-electron chi connectivity index (χ1n) is 10.6. The molecule has 0 radical (unpaired) electrons. The molecular weight excluding hydrogens is 414 g/mol. The van der Waals surface area contributed by atoms with Gasteiger partial charge in [0.1, 0.15) is 0 Å². The van der Waals surface area contributed by atoms with E-state index >= 15 is 0 Å². The Kier molecular flexibility index (Phi) is 10.3. The van der Waals surface area contributed by atoms with Crippen LogP contribution in [-0.2, 0) is 11.3 Å². The van der Waals surface area contributed by atoms with E-state index in [1.165, 1.54) is 0 Å². The van der Waals surface area contributed by atoms with Gasteiger partial charge in [-0.2, -0.15) is 0 Å². The molecule has 31 heavy (non-hydrogen) atoms. The highest BCUT2D eigenvalue weighted by atomic mass is 35.5. The van der Waals surface area contributed by atoms with Gasteiger partial charge in [0.15, 0.2) is 0 Å². The second kappa shape index (κ2) is 13.0. The molecule has 0 aromatic heterocycles. The second-order valence-electron chi connectivity index (χ2n) is 7.65.